The standard InChI is InChI=1S/C19H29N3O4S/c1-14-4-3-9-22(12-14)27(25,26)18-7-5-16(6-8-18)20-19(24)21(2)13-15-10-17(23)11-15/h5-8,14-15,17,23H,3-4,9-13H2,1-2H3,(H,20,24). The highest BCUT2D eigenvalue weighted by molar-refractivity contribution is 7.89. The Kier molecular flexibility index (Phi) is 6.08. The molecule has 2 N–H and O–H groups in total. The van der Waals surface area contributed by atoms with Crippen LogP contribution < -0.4 is 5.32 Å². The fourth-order valence-corrected chi connectivity index (χ4v) is 5.36. The molecule has 2 fully saturated rings. The average molecular weight is 396 g/mol. The van der Waals surface area contributed by atoms with Gasteiger partial charge in [0.05, 0.1) is 11.0 Å². The van der Waals surface area contributed by atoms with Crippen LogP contribution in [-0.2, 0) is 10.0 Å². The summed E-state index contributed by atoms with van der Waals surface area (Å²) in [4.78, 5) is 14.1. The van der Waals surface area contributed by atoms with E-state index in [4.69, 9.17) is 0 Å². The lowest BCUT2D eigenvalue weighted by Gasteiger charge is -2.34. The highest BCUT2D eigenvalue weighted by Crippen LogP contribution is 2.28. The number of nitrogens with zero attached hydrogens (tertiary/aromatic N) is 2. The number of hydrogen-bond donors (Lipinski definition) is 2. The van der Waals surface area contributed by atoms with E-state index in [1.807, 2.05) is 0 Å². The monoisotopic (exact) mass is 395 g/mol. The summed E-state index contributed by atoms with van der Waals surface area (Å²) in [5, 5.41) is 12.1. The van der Waals surface area contributed by atoms with Gasteiger partial charge in [0.2, 0.25) is 10.0 Å². The smallest absolute Gasteiger partial charge is 0.321 e. The molecular weight excluding hydrogens is 366 g/mol. The second kappa shape index (κ2) is 8.16. The molecular formula is C19H29N3O4S. The van der Waals surface area contributed by atoms with E-state index >= 15 is 0 Å². The molecule has 1 saturated carbocycles. The van der Waals surface area contributed by atoms with E-state index in [0.717, 1.165) is 25.7 Å². The van der Waals surface area contributed by atoms with E-state index in [1.165, 1.54) is 0 Å². The molecule has 1 aromatic rings. The molecule has 0 radical (unpaired) electrons. The van der Waals surface area contributed by atoms with Gasteiger partial charge in [-0.05, 0) is 61.8 Å². The van der Waals surface area contributed by atoms with Crippen LogP contribution in [0.2, 0.25) is 0 Å². The van der Waals surface area contributed by atoms with E-state index in [0.29, 0.717) is 37.2 Å². The fraction of sp³-hybridized carbons (Fsp3) is 0.632. The van der Waals surface area contributed by atoms with E-state index < -0.39 is 10.0 Å². The van der Waals surface area contributed by atoms with Crippen molar-refractivity contribution in [2.24, 2.45) is 11.8 Å². The molecule has 3 rings (SSSR count). The number of carbonyl (C=O) groups excluding carboxylic acids is 1. The number of anilines is 1. The number of hydrogen-bond acceptors (Lipinski definition) is 4. The normalized spacial score (nSPS) is 26.3. The molecule has 8 heteroatoms. The lowest BCUT2D eigenvalue weighted by Crippen LogP contribution is -2.41. The molecule has 1 aliphatic carbocycles. The van der Waals surface area contributed by atoms with Gasteiger partial charge in [-0.25, -0.2) is 13.2 Å². The van der Waals surface area contributed by atoms with Crippen molar-refractivity contribution in [3.05, 3.63) is 24.3 Å². The first-order valence-corrected chi connectivity index (χ1v) is 11.0. The molecule has 0 bridgehead atoms. The van der Waals surface area contributed by atoms with E-state index in [2.05, 4.69) is 12.2 Å². The summed E-state index contributed by atoms with van der Waals surface area (Å²) in [6.07, 6.45) is 3.19. The molecule has 2 aliphatic rings. The van der Waals surface area contributed by atoms with Crippen molar-refractivity contribution in [1.82, 2.24) is 9.21 Å². The minimum atomic E-state index is -3.49. The first kappa shape index (κ1) is 20.1. The SMILES string of the molecule is CC1CCCN(S(=O)(=O)c2ccc(NC(=O)N(C)CC3CC(O)C3)cc2)C1. The highest BCUT2D eigenvalue weighted by Gasteiger charge is 2.30. The summed E-state index contributed by atoms with van der Waals surface area (Å²) in [6.45, 7) is 3.79. The van der Waals surface area contributed by atoms with Gasteiger partial charge < -0.3 is 15.3 Å². The average Bonchev–Trinajstić information content (AvgIpc) is 2.60. The van der Waals surface area contributed by atoms with Crippen molar-refractivity contribution < 1.29 is 18.3 Å². The van der Waals surface area contributed by atoms with Crippen LogP contribution in [0.1, 0.15) is 32.6 Å². The van der Waals surface area contributed by atoms with Gasteiger partial charge in [0.15, 0.2) is 0 Å². The minimum absolute atomic E-state index is 0.233. The zero-order valence-corrected chi connectivity index (χ0v) is 16.8. The summed E-state index contributed by atoms with van der Waals surface area (Å²) in [7, 11) is -1.77. The van der Waals surface area contributed by atoms with E-state index in [-0.39, 0.29) is 17.0 Å². The number of urea groups is 1. The molecule has 150 valence electrons. The van der Waals surface area contributed by atoms with Gasteiger partial charge in [0.25, 0.3) is 0 Å². The van der Waals surface area contributed by atoms with E-state index in [9.17, 15) is 18.3 Å². The van der Waals surface area contributed by atoms with Crippen LogP contribution >= 0.6 is 0 Å². The second-order valence-electron chi connectivity index (χ2n) is 7.94. The van der Waals surface area contributed by atoms with Gasteiger partial charge in [-0.1, -0.05) is 6.92 Å². The number of nitrogens with one attached hydrogen (secondary N) is 1. The van der Waals surface area contributed by atoms with Crippen LogP contribution in [0.15, 0.2) is 29.2 Å². The quantitative estimate of drug-likeness (QED) is 0.801. The van der Waals surface area contributed by atoms with Gasteiger partial charge in [0, 0.05) is 32.4 Å². The largest absolute Gasteiger partial charge is 0.393 e. The molecule has 1 atom stereocenters. The molecule has 2 amide bonds. The predicted molar refractivity (Wildman–Crippen MR) is 104 cm³/mol. The highest BCUT2D eigenvalue weighted by atomic mass is 32.2. The van der Waals surface area contributed by atoms with Crippen LogP contribution in [0.25, 0.3) is 0 Å². The maximum Gasteiger partial charge on any atom is 0.321 e. The third kappa shape index (κ3) is 4.80. The van der Waals surface area contributed by atoms with Crippen molar-refractivity contribution in [1.29, 1.82) is 0 Å². The summed E-state index contributed by atoms with van der Waals surface area (Å²) < 4.78 is 27.1. The van der Waals surface area contributed by atoms with E-state index in [1.54, 1.807) is 40.5 Å². The van der Waals surface area contributed by atoms with Gasteiger partial charge in [-0.2, -0.15) is 4.31 Å². The summed E-state index contributed by atoms with van der Waals surface area (Å²) in [5.41, 5.74) is 0.562. The topological polar surface area (TPSA) is 90.0 Å². The first-order valence-electron chi connectivity index (χ1n) is 9.56. The minimum Gasteiger partial charge on any atom is -0.393 e. The number of aliphatic hydroxyl groups is 1. The number of benzene rings is 1. The van der Waals surface area contributed by atoms with Crippen LogP contribution in [0.5, 0.6) is 0 Å². The van der Waals surface area contributed by atoms with Crippen LogP contribution in [-0.4, -0.2) is 61.5 Å². The maximum atomic E-state index is 12.8. The lowest BCUT2D eigenvalue weighted by molar-refractivity contribution is 0.0332. The number of aliphatic hydroxyl groups excluding tert-OH is 1. The van der Waals surface area contributed by atoms with Gasteiger partial charge >= 0.3 is 6.03 Å². The van der Waals surface area contributed by atoms with Crippen molar-refractivity contribution >= 4 is 21.7 Å². The Balaban J connectivity index is 1.58. The number of sulfonamides is 1. The molecule has 1 aromatic carbocycles. The Hall–Kier alpha value is -1.64. The maximum absolute atomic E-state index is 12.8. The Bertz CT molecular complexity index is 760. The Morgan fingerprint density at radius 2 is 1.96 bits per heavy atom. The number of amides is 2. The van der Waals surface area contributed by atoms with Crippen molar-refractivity contribution in [2.75, 3.05) is 32.0 Å². The molecule has 0 aromatic heterocycles. The third-order valence-corrected chi connectivity index (χ3v) is 7.33. The predicted octanol–water partition coefficient (Wildman–Crippen LogP) is 2.34. The second-order valence-corrected chi connectivity index (χ2v) is 9.87. The molecule has 0 spiro atoms. The Morgan fingerprint density at radius 3 is 2.56 bits per heavy atom. The molecule has 1 aliphatic heterocycles. The molecule has 7 nitrogen and oxygen atoms in total. The van der Waals surface area contributed by atoms with Crippen molar-refractivity contribution in [3.8, 4) is 0 Å². The number of piperidine rings is 1. The Morgan fingerprint density at radius 1 is 1.30 bits per heavy atom. The Labute approximate surface area is 161 Å². The number of rotatable bonds is 5. The third-order valence-electron chi connectivity index (χ3n) is 5.45. The summed E-state index contributed by atoms with van der Waals surface area (Å²) in [5.74, 6) is 0.717. The van der Waals surface area contributed by atoms with Gasteiger partial charge in [-0.3, -0.25) is 0 Å². The summed E-state index contributed by atoms with van der Waals surface area (Å²) >= 11 is 0. The lowest BCUT2D eigenvalue weighted by atomic mass is 9.82. The van der Waals surface area contributed by atoms with Crippen LogP contribution in [0, 0.1) is 11.8 Å². The zero-order valence-electron chi connectivity index (χ0n) is 16.0. The van der Waals surface area contributed by atoms with Crippen LogP contribution in [0.4, 0.5) is 10.5 Å². The molecule has 1 heterocycles. The zero-order chi connectivity index (χ0) is 19.6. The molecule has 1 unspecified atom stereocenters. The summed E-state index contributed by atoms with van der Waals surface area (Å²) in [6, 6.07) is 6.11. The van der Waals surface area contributed by atoms with Gasteiger partial charge in [-0.15, -0.1) is 0 Å². The van der Waals surface area contributed by atoms with Crippen LogP contribution in [0.3, 0.4) is 0 Å². The van der Waals surface area contributed by atoms with Gasteiger partial charge in [0.1, 0.15) is 0 Å². The molecule has 27 heavy (non-hydrogen) atoms. The number of carbonyl (C=O) groups is 1. The molecule has 1 saturated heterocycles. The van der Waals surface area contributed by atoms with Crippen molar-refractivity contribution in [2.45, 2.75) is 43.6 Å². The fourth-order valence-electron chi connectivity index (χ4n) is 3.76. The first-order chi connectivity index (χ1) is 12.8. The van der Waals surface area contributed by atoms with Crippen molar-refractivity contribution in [3.63, 3.8) is 0 Å².